The summed E-state index contributed by atoms with van der Waals surface area (Å²) in [6, 6.07) is -0.798. The Morgan fingerprint density at radius 1 is 1.62 bits per heavy atom. The van der Waals surface area contributed by atoms with E-state index in [2.05, 4.69) is 5.32 Å². The fraction of sp³-hybridized carbons (Fsp3) is 0.750. The minimum absolute atomic E-state index is 0.180. The smallest absolute Gasteiger partial charge is 0.382 e. The second-order valence-electron chi connectivity index (χ2n) is 3.46. The Labute approximate surface area is 89.0 Å². The summed E-state index contributed by atoms with van der Waals surface area (Å²) in [6.07, 6.45) is -6.91. The van der Waals surface area contributed by atoms with Crippen LogP contribution in [-0.2, 0) is 9.59 Å². The number of amides is 2. The Kier molecular flexibility index (Phi) is 3.74. The number of aliphatic hydroxyl groups is 1. The summed E-state index contributed by atoms with van der Waals surface area (Å²) >= 11 is 0. The van der Waals surface area contributed by atoms with Gasteiger partial charge in [0.25, 0.3) is 0 Å². The van der Waals surface area contributed by atoms with Crippen LogP contribution in [0.2, 0.25) is 0 Å². The largest absolute Gasteiger partial charge is 0.416 e. The molecule has 0 bridgehead atoms. The summed E-state index contributed by atoms with van der Waals surface area (Å²) in [7, 11) is 0. The van der Waals surface area contributed by atoms with Gasteiger partial charge in [0.2, 0.25) is 11.8 Å². The number of carbonyl (C=O) groups is 2. The van der Waals surface area contributed by atoms with Crippen molar-refractivity contribution < 1.29 is 27.9 Å². The van der Waals surface area contributed by atoms with Crippen molar-refractivity contribution >= 4 is 11.8 Å². The first kappa shape index (κ1) is 12.8. The van der Waals surface area contributed by atoms with Crippen LogP contribution in [0.3, 0.4) is 0 Å². The summed E-state index contributed by atoms with van der Waals surface area (Å²) in [5.41, 5.74) is 0. The number of aliphatic hydroxyl groups excluding tert-OH is 1. The summed E-state index contributed by atoms with van der Waals surface area (Å²) in [6.45, 7) is -0.908. The first-order chi connectivity index (χ1) is 7.30. The molecule has 0 aromatic rings. The lowest BCUT2D eigenvalue weighted by molar-refractivity contribution is -0.201. The van der Waals surface area contributed by atoms with Gasteiger partial charge in [-0.25, -0.2) is 0 Å². The SMILES string of the molecule is O=C1CC[C@H](C(=O)NCC(O)C(F)(F)F)N1. The molecule has 0 radical (unpaired) electrons. The summed E-state index contributed by atoms with van der Waals surface area (Å²) in [5.74, 6) is -1.02. The molecule has 5 nitrogen and oxygen atoms in total. The van der Waals surface area contributed by atoms with E-state index in [4.69, 9.17) is 5.11 Å². The molecule has 1 rings (SSSR count). The minimum atomic E-state index is -4.76. The van der Waals surface area contributed by atoms with Crippen molar-refractivity contribution in [2.45, 2.75) is 31.2 Å². The monoisotopic (exact) mass is 240 g/mol. The topological polar surface area (TPSA) is 78.4 Å². The van der Waals surface area contributed by atoms with Gasteiger partial charge in [-0.1, -0.05) is 0 Å². The number of rotatable bonds is 3. The van der Waals surface area contributed by atoms with Gasteiger partial charge in [0, 0.05) is 6.42 Å². The lowest BCUT2D eigenvalue weighted by atomic mass is 10.2. The lowest BCUT2D eigenvalue weighted by Crippen LogP contribution is -2.47. The highest BCUT2D eigenvalue weighted by Crippen LogP contribution is 2.19. The summed E-state index contributed by atoms with van der Waals surface area (Å²) in [4.78, 5) is 22.0. The fourth-order valence-corrected chi connectivity index (χ4v) is 1.25. The fourth-order valence-electron chi connectivity index (χ4n) is 1.25. The van der Waals surface area contributed by atoms with Gasteiger partial charge in [0.15, 0.2) is 6.10 Å². The zero-order chi connectivity index (χ0) is 12.3. The van der Waals surface area contributed by atoms with Crippen LogP contribution in [0.4, 0.5) is 13.2 Å². The molecular formula is C8H11F3N2O3. The van der Waals surface area contributed by atoms with Gasteiger partial charge < -0.3 is 15.7 Å². The van der Waals surface area contributed by atoms with Crippen LogP contribution in [0.15, 0.2) is 0 Å². The molecule has 2 amide bonds. The third-order valence-electron chi connectivity index (χ3n) is 2.16. The quantitative estimate of drug-likeness (QED) is 0.610. The van der Waals surface area contributed by atoms with Crippen molar-refractivity contribution in [3.05, 3.63) is 0 Å². The number of alkyl halides is 3. The Bertz CT molecular complexity index is 293. The Hall–Kier alpha value is -1.31. The number of nitrogens with one attached hydrogen (secondary N) is 2. The molecule has 1 unspecified atom stereocenters. The highest BCUT2D eigenvalue weighted by molar-refractivity contribution is 5.90. The molecule has 1 saturated heterocycles. The molecule has 3 N–H and O–H groups in total. The van der Waals surface area contributed by atoms with Gasteiger partial charge in [-0.3, -0.25) is 9.59 Å². The molecule has 8 heteroatoms. The van der Waals surface area contributed by atoms with Crippen molar-refractivity contribution in [3.63, 3.8) is 0 Å². The predicted molar refractivity (Wildman–Crippen MR) is 46.2 cm³/mol. The number of carbonyl (C=O) groups excluding carboxylic acids is 2. The van der Waals surface area contributed by atoms with E-state index in [0.717, 1.165) is 0 Å². The molecule has 1 fully saturated rings. The van der Waals surface area contributed by atoms with Gasteiger partial charge in [-0.05, 0) is 6.42 Å². The zero-order valence-corrected chi connectivity index (χ0v) is 8.17. The van der Waals surface area contributed by atoms with Crippen LogP contribution in [0.1, 0.15) is 12.8 Å². The maximum absolute atomic E-state index is 11.9. The molecule has 0 spiro atoms. The van der Waals surface area contributed by atoms with Crippen molar-refractivity contribution in [1.29, 1.82) is 0 Å². The standard InChI is InChI=1S/C8H11F3N2O3/c9-8(10,11)5(14)3-12-7(16)4-1-2-6(15)13-4/h4-5,14H,1-3H2,(H,12,16)(H,13,15)/t4-,5?/m1/s1. The molecule has 2 atom stereocenters. The van der Waals surface area contributed by atoms with Crippen molar-refractivity contribution in [1.82, 2.24) is 10.6 Å². The Morgan fingerprint density at radius 2 is 2.25 bits per heavy atom. The molecule has 1 heterocycles. The van der Waals surface area contributed by atoms with E-state index in [1.54, 1.807) is 0 Å². The van der Waals surface area contributed by atoms with Crippen LogP contribution in [-0.4, -0.2) is 41.8 Å². The van der Waals surface area contributed by atoms with Gasteiger partial charge >= 0.3 is 6.18 Å². The summed E-state index contributed by atoms with van der Waals surface area (Å²) < 4.78 is 35.6. The Morgan fingerprint density at radius 3 is 2.69 bits per heavy atom. The number of hydrogen-bond donors (Lipinski definition) is 3. The molecule has 1 aliphatic rings. The van der Waals surface area contributed by atoms with Crippen LogP contribution < -0.4 is 10.6 Å². The minimum Gasteiger partial charge on any atom is -0.382 e. The van der Waals surface area contributed by atoms with E-state index in [0.29, 0.717) is 0 Å². The van der Waals surface area contributed by atoms with Crippen LogP contribution in [0.5, 0.6) is 0 Å². The number of hydrogen-bond acceptors (Lipinski definition) is 3. The Balaban J connectivity index is 2.33. The molecule has 0 aromatic heterocycles. The molecule has 0 saturated carbocycles. The maximum atomic E-state index is 11.9. The second kappa shape index (κ2) is 4.69. The van der Waals surface area contributed by atoms with Gasteiger partial charge in [-0.2, -0.15) is 13.2 Å². The highest BCUT2D eigenvalue weighted by atomic mass is 19.4. The van der Waals surface area contributed by atoms with E-state index in [1.807, 2.05) is 5.32 Å². The second-order valence-corrected chi connectivity index (χ2v) is 3.46. The molecule has 92 valence electrons. The zero-order valence-electron chi connectivity index (χ0n) is 8.17. The first-order valence-corrected chi connectivity index (χ1v) is 4.62. The van der Waals surface area contributed by atoms with E-state index in [9.17, 15) is 22.8 Å². The third kappa shape index (κ3) is 3.37. The lowest BCUT2D eigenvalue weighted by Gasteiger charge is -2.16. The van der Waals surface area contributed by atoms with Crippen LogP contribution >= 0.6 is 0 Å². The summed E-state index contributed by atoms with van der Waals surface area (Å²) in [5, 5.41) is 12.8. The van der Waals surface area contributed by atoms with E-state index < -0.39 is 30.8 Å². The van der Waals surface area contributed by atoms with E-state index >= 15 is 0 Å². The maximum Gasteiger partial charge on any atom is 0.416 e. The van der Waals surface area contributed by atoms with Crippen LogP contribution in [0.25, 0.3) is 0 Å². The molecule has 16 heavy (non-hydrogen) atoms. The molecule has 0 aromatic carbocycles. The predicted octanol–water partition coefficient (Wildman–Crippen LogP) is -0.696. The van der Waals surface area contributed by atoms with Gasteiger partial charge in [-0.15, -0.1) is 0 Å². The van der Waals surface area contributed by atoms with Crippen molar-refractivity contribution in [2.75, 3.05) is 6.54 Å². The van der Waals surface area contributed by atoms with Crippen molar-refractivity contribution in [2.24, 2.45) is 0 Å². The first-order valence-electron chi connectivity index (χ1n) is 4.62. The molecule has 0 aliphatic carbocycles. The average molecular weight is 240 g/mol. The molecular weight excluding hydrogens is 229 g/mol. The average Bonchev–Trinajstić information content (AvgIpc) is 2.59. The van der Waals surface area contributed by atoms with Gasteiger partial charge in [0.1, 0.15) is 6.04 Å². The third-order valence-corrected chi connectivity index (χ3v) is 2.16. The highest BCUT2D eigenvalue weighted by Gasteiger charge is 2.38. The van der Waals surface area contributed by atoms with E-state index in [1.165, 1.54) is 0 Å². The van der Waals surface area contributed by atoms with Crippen molar-refractivity contribution in [3.8, 4) is 0 Å². The van der Waals surface area contributed by atoms with E-state index in [-0.39, 0.29) is 18.7 Å². The van der Waals surface area contributed by atoms with Crippen LogP contribution in [0, 0.1) is 0 Å². The molecule has 1 aliphatic heterocycles. The number of halogens is 3. The normalized spacial score (nSPS) is 22.8. The van der Waals surface area contributed by atoms with Gasteiger partial charge in [0.05, 0.1) is 6.54 Å².